The van der Waals surface area contributed by atoms with Gasteiger partial charge in [0.25, 0.3) is 0 Å². The fraction of sp³-hybridized carbons (Fsp3) is 0.533. The number of aromatic nitrogens is 2. The van der Waals surface area contributed by atoms with Gasteiger partial charge < -0.3 is 15.5 Å². The molecule has 1 fully saturated rings. The highest BCUT2D eigenvalue weighted by Gasteiger charge is 2.19. The molecule has 4 heteroatoms. The summed E-state index contributed by atoms with van der Waals surface area (Å²) in [4.78, 5) is 8.21. The van der Waals surface area contributed by atoms with E-state index in [1.165, 1.54) is 5.56 Å². The van der Waals surface area contributed by atoms with Gasteiger partial charge in [-0.25, -0.2) is 4.98 Å². The first-order valence-electron chi connectivity index (χ1n) is 7.13. The molecule has 0 saturated carbocycles. The largest absolute Gasteiger partial charge is 0.381 e. The summed E-state index contributed by atoms with van der Waals surface area (Å²) in [5, 5.41) is 0. The highest BCUT2D eigenvalue weighted by molar-refractivity contribution is 5.76. The zero-order valence-corrected chi connectivity index (χ0v) is 11.2. The molecule has 0 aliphatic carbocycles. The van der Waals surface area contributed by atoms with Crippen LogP contribution in [0.5, 0.6) is 0 Å². The molecule has 0 atom stereocenters. The molecule has 1 saturated heterocycles. The maximum Gasteiger partial charge on any atom is 0.110 e. The van der Waals surface area contributed by atoms with Crippen LogP contribution in [0.15, 0.2) is 18.2 Å². The van der Waals surface area contributed by atoms with Crippen molar-refractivity contribution in [2.24, 2.45) is 5.73 Å². The van der Waals surface area contributed by atoms with Crippen LogP contribution in [0.4, 0.5) is 0 Å². The molecular weight excluding hydrogens is 238 g/mol. The van der Waals surface area contributed by atoms with Gasteiger partial charge in [-0.05, 0) is 49.9 Å². The van der Waals surface area contributed by atoms with Crippen molar-refractivity contribution in [1.29, 1.82) is 0 Å². The molecule has 2 heterocycles. The predicted molar refractivity (Wildman–Crippen MR) is 76.3 cm³/mol. The number of rotatable bonds is 4. The second kappa shape index (κ2) is 5.72. The van der Waals surface area contributed by atoms with Crippen molar-refractivity contribution in [3.63, 3.8) is 0 Å². The number of nitrogens with one attached hydrogen (secondary N) is 1. The average molecular weight is 259 g/mol. The van der Waals surface area contributed by atoms with Crippen molar-refractivity contribution in [3.05, 3.63) is 29.6 Å². The molecule has 0 amide bonds. The number of aromatic amines is 1. The number of nitrogens with two attached hydrogens (primary N) is 1. The summed E-state index contributed by atoms with van der Waals surface area (Å²) in [5.74, 6) is 1.64. The maximum absolute atomic E-state index is 5.56. The Bertz CT molecular complexity index is 543. The Morgan fingerprint density at radius 3 is 2.95 bits per heavy atom. The number of fused-ring (bicyclic) bond motifs is 1. The SMILES string of the molecule is NCCCc1ccc2nc(C3CCOCC3)[nH]c2c1. The summed E-state index contributed by atoms with van der Waals surface area (Å²) in [5.41, 5.74) is 9.11. The van der Waals surface area contributed by atoms with Crippen LogP contribution >= 0.6 is 0 Å². The summed E-state index contributed by atoms with van der Waals surface area (Å²) in [6.07, 6.45) is 4.21. The van der Waals surface area contributed by atoms with Crippen LogP contribution in [0, 0.1) is 0 Å². The van der Waals surface area contributed by atoms with E-state index in [9.17, 15) is 0 Å². The van der Waals surface area contributed by atoms with Gasteiger partial charge in [0.05, 0.1) is 11.0 Å². The fourth-order valence-corrected chi connectivity index (χ4v) is 2.70. The average Bonchev–Trinajstić information content (AvgIpc) is 2.89. The Balaban J connectivity index is 1.83. The summed E-state index contributed by atoms with van der Waals surface area (Å²) in [7, 11) is 0. The maximum atomic E-state index is 5.56. The second-order valence-corrected chi connectivity index (χ2v) is 5.25. The first-order valence-corrected chi connectivity index (χ1v) is 7.13. The molecule has 3 N–H and O–H groups in total. The number of nitrogens with zero attached hydrogens (tertiary/aromatic N) is 1. The Morgan fingerprint density at radius 2 is 2.16 bits per heavy atom. The Morgan fingerprint density at radius 1 is 1.32 bits per heavy atom. The van der Waals surface area contributed by atoms with E-state index in [0.29, 0.717) is 5.92 Å². The highest BCUT2D eigenvalue weighted by atomic mass is 16.5. The predicted octanol–water partition coefficient (Wildman–Crippen LogP) is 2.35. The van der Waals surface area contributed by atoms with Crippen molar-refractivity contribution in [2.45, 2.75) is 31.6 Å². The van der Waals surface area contributed by atoms with E-state index in [2.05, 4.69) is 23.2 Å². The molecular formula is C15H21N3O. The summed E-state index contributed by atoms with van der Waals surface area (Å²) in [6, 6.07) is 6.48. The minimum Gasteiger partial charge on any atom is -0.381 e. The van der Waals surface area contributed by atoms with Crippen LogP contribution in [-0.4, -0.2) is 29.7 Å². The van der Waals surface area contributed by atoms with Gasteiger partial charge in [0.1, 0.15) is 5.82 Å². The van der Waals surface area contributed by atoms with Crippen LogP contribution in [0.2, 0.25) is 0 Å². The normalized spacial score (nSPS) is 17.1. The molecule has 1 aliphatic rings. The number of hydrogen-bond donors (Lipinski definition) is 2. The second-order valence-electron chi connectivity index (χ2n) is 5.25. The molecule has 19 heavy (non-hydrogen) atoms. The van der Waals surface area contributed by atoms with Gasteiger partial charge in [-0.15, -0.1) is 0 Å². The topological polar surface area (TPSA) is 63.9 Å². The monoisotopic (exact) mass is 259 g/mol. The zero-order chi connectivity index (χ0) is 13.1. The minimum absolute atomic E-state index is 0.522. The van der Waals surface area contributed by atoms with Crippen LogP contribution in [0.3, 0.4) is 0 Å². The third-order valence-corrected chi connectivity index (χ3v) is 3.84. The lowest BCUT2D eigenvalue weighted by Crippen LogP contribution is -2.15. The van der Waals surface area contributed by atoms with E-state index in [1.54, 1.807) is 0 Å². The number of hydrogen-bond acceptors (Lipinski definition) is 3. The van der Waals surface area contributed by atoms with E-state index >= 15 is 0 Å². The van der Waals surface area contributed by atoms with Gasteiger partial charge in [-0.1, -0.05) is 6.07 Å². The Hall–Kier alpha value is -1.39. The van der Waals surface area contributed by atoms with E-state index in [1.807, 2.05) is 0 Å². The Labute approximate surface area is 113 Å². The lowest BCUT2D eigenvalue weighted by molar-refractivity contribution is 0.0838. The van der Waals surface area contributed by atoms with Crippen LogP contribution in [0.1, 0.15) is 36.6 Å². The minimum atomic E-state index is 0.522. The van der Waals surface area contributed by atoms with Gasteiger partial charge in [-0.3, -0.25) is 0 Å². The quantitative estimate of drug-likeness (QED) is 0.886. The Kier molecular flexibility index (Phi) is 3.80. The van der Waals surface area contributed by atoms with Gasteiger partial charge in [0, 0.05) is 19.1 Å². The first kappa shape index (κ1) is 12.6. The third kappa shape index (κ3) is 2.80. The lowest BCUT2D eigenvalue weighted by Gasteiger charge is -2.19. The number of ether oxygens (including phenoxy) is 1. The fourth-order valence-electron chi connectivity index (χ4n) is 2.70. The smallest absolute Gasteiger partial charge is 0.110 e. The van der Waals surface area contributed by atoms with E-state index in [4.69, 9.17) is 15.5 Å². The molecule has 2 aromatic rings. The van der Waals surface area contributed by atoms with Gasteiger partial charge >= 0.3 is 0 Å². The molecule has 4 nitrogen and oxygen atoms in total. The number of imidazole rings is 1. The first-order chi connectivity index (χ1) is 9.36. The number of benzene rings is 1. The van der Waals surface area contributed by atoms with Crippen molar-refractivity contribution >= 4 is 11.0 Å². The van der Waals surface area contributed by atoms with Crippen molar-refractivity contribution in [1.82, 2.24) is 9.97 Å². The summed E-state index contributed by atoms with van der Waals surface area (Å²) >= 11 is 0. The number of aryl methyl sites for hydroxylation is 1. The summed E-state index contributed by atoms with van der Waals surface area (Å²) in [6.45, 7) is 2.45. The lowest BCUT2D eigenvalue weighted by atomic mass is 10.00. The van der Waals surface area contributed by atoms with E-state index in [-0.39, 0.29) is 0 Å². The molecule has 0 unspecified atom stereocenters. The molecule has 3 rings (SSSR count). The van der Waals surface area contributed by atoms with Crippen LogP contribution in [-0.2, 0) is 11.2 Å². The van der Waals surface area contributed by atoms with Crippen molar-refractivity contribution in [2.75, 3.05) is 19.8 Å². The molecule has 1 aliphatic heterocycles. The highest BCUT2D eigenvalue weighted by Crippen LogP contribution is 2.26. The van der Waals surface area contributed by atoms with Crippen LogP contribution < -0.4 is 5.73 Å². The van der Waals surface area contributed by atoms with E-state index < -0.39 is 0 Å². The van der Waals surface area contributed by atoms with Gasteiger partial charge in [-0.2, -0.15) is 0 Å². The van der Waals surface area contributed by atoms with Crippen molar-refractivity contribution < 1.29 is 4.74 Å². The van der Waals surface area contributed by atoms with Crippen LogP contribution in [0.25, 0.3) is 11.0 Å². The molecule has 0 bridgehead atoms. The zero-order valence-electron chi connectivity index (χ0n) is 11.2. The molecule has 0 spiro atoms. The number of H-pyrrole nitrogens is 1. The van der Waals surface area contributed by atoms with Gasteiger partial charge in [0.2, 0.25) is 0 Å². The van der Waals surface area contributed by atoms with Gasteiger partial charge in [0.15, 0.2) is 0 Å². The molecule has 1 aromatic heterocycles. The van der Waals surface area contributed by atoms with E-state index in [0.717, 1.165) is 62.3 Å². The molecule has 102 valence electrons. The standard InChI is InChI=1S/C15H21N3O/c16-7-1-2-11-3-4-13-14(10-11)18-15(17-13)12-5-8-19-9-6-12/h3-4,10,12H,1-2,5-9,16H2,(H,17,18). The third-order valence-electron chi connectivity index (χ3n) is 3.84. The molecule has 1 aromatic carbocycles. The summed E-state index contributed by atoms with van der Waals surface area (Å²) < 4.78 is 5.41. The van der Waals surface area contributed by atoms with Crippen molar-refractivity contribution in [3.8, 4) is 0 Å². The molecule has 0 radical (unpaired) electrons.